The number of hydrogen-bond donors (Lipinski definition) is 2. The van der Waals surface area contributed by atoms with Crippen molar-refractivity contribution in [1.29, 1.82) is 0 Å². The van der Waals surface area contributed by atoms with E-state index in [2.05, 4.69) is 5.32 Å². The van der Waals surface area contributed by atoms with E-state index in [0.717, 1.165) is 0 Å². The van der Waals surface area contributed by atoms with Gasteiger partial charge < -0.3 is 15.2 Å². The second-order valence-electron chi connectivity index (χ2n) is 6.91. The standard InChI is InChI=1S/C19H20N2O5/c1-19(2)16(12-6-4-5-7-15(12)21(24)25)20-14-9-8-11(18(23)26-3)10-13(14)17(19)22/h4-10,16-17,20,22H,1-3H3. The minimum Gasteiger partial charge on any atom is -0.465 e. The Labute approximate surface area is 150 Å². The molecule has 7 nitrogen and oxygen atoms in total. The Morgan fingerprint density at radius 2 is 1.92 bits per heavy atom. The number of benzene rings is 2. The van der Waals surface area contributed by atoms with Crippen LogP contribution in [0.4, 0.5) is 11.4 Å². The van der Waals surface area contributed by atoms with Crippen molar-refractivity contribution in [3.05, 3.63) is 69.3 Å². The zero-order chi connectivity index (χ0) is 19.1. The number of hydrogen-bond acceptors (Lipinski definition) is 6. The minimum absolute atomic E-state index is 0.0000871. The predicted octanol–water partition coefficient (Wildman–Crippen LogP) is 3.61. The number of fused-ring (bicyclic) bond motifs is 1. The van der Waals surface area contributed by atoms with Crippen molar-refractivity contribution >= 4 is 17.3 Å². The Kier molecular flexibility index (Phi) is 4.41. The van der Waals surface area contributed by atoms with Crippen LogP contribution in [0.15, 0.2) is 42.5 Å². The van der Waals surface area contributed by atoms with E-state index < -0.39 is 28.5 Å². The molecule has 2 unspecified atom stereocenters. The predicted molar refractivity (Wildman–Crippen MR) is 96.0 cm³/mol. The number of anilines is 1. The lowest BCUT2D eigenvalue weighted by molar-refractivity contribution is -0.385. The second kappa shape index (κ2) is 6.42. The van der Waals surface area contributed by atoms with Crippen molar-refractivity contribution < 1.29 is 19.6 Å². The van der Waals surface area contributed by atoms with E-state index in [1.165, 1.54) is 13.2 Å². The Bertz CT molecular complexity index is 878. The van der Waals surface area contributed by atoms with Crippen LogP contribution in [0.2, 0.25) is 0 Å². The third-order valence-electron chi connectivity index (χ3n) is 4.96. The normalized spacial score (nSPS) is 20.6. The van der Waals surface area contributed by atoms with Crippen molar-refractivity contribution in [2.45, 2.75) is 26.0 Å². The fourth-order valence-electron chi connectivity index (χ4n) is 3.44. The summed E-state index contributed by atoms with van der Waals surface area (Å²) in [7, 11) is 1.30. The maximum Gasteiger partial charge on any atom is 0.337 e. The number of rotatable bonds is 3. The summed E-state index contributed by atoms with van der Waals surface area (Å²) in [5, 5.41) is 25.7. The number of methoxy groups -OCH3 is 1. The molecule has 2 N–H and O–H groups in total. The minimum atomic E-state index is -0.923. The molecule has 0 bridgehead atoms. The van der Waals surface area contributed by atoms with Gasteiger partial charge in [-0.1, -0.05) is 32.0 Å². The lowest BCUT2D eigenvalue weighted by atomic mass is 9.70. The molecule has 0 saturated heterocycles. The van der Waals surface area contributed by atoms with Gasteiger partial charge in [-0.2, -0.15) is 0 Å². The molecule has 7 heteroatoms. The molecule has 136 valence electrons. The summed E-state index contributed by atoms with van der Waals surface area (Å²) in [4.78, 5) is 22.8. The second-order valence-corrected chi connectivity index (χ2v) is 6.91. The van der Waals surface area contributed by atoms with Crippen molar-refractivity contribution in [2.75, 3.05) is 12.4 Å². The lowest BCUT2D eigenvalue weighted by Crippen LogP contribution is -2.39. The summed E-state index contributed by atoms with van der Waals surface area (Å²) in [5.74, 6) is -0.487. The molecule has 26 heavy (non-hydrogen) atoms. The summed E-state index contributed by atoms with van der Waals surface area (Å²) >= 11 is 0. The molecule has 2 aromatic carbocycles. The first kappa shape index (κ1) is 17.9. The van der Waals surface area contributed by atoms with E-state index in [1.54, 1.807) is 36.4 Å². The number of aliphatic hydroxyl groups is 1. The molecule has 0 amide bonds. The molecule has 1 aliphatic heterocycles. The molecule has 0 saturated carbocycles. The average molecular weight is 356 g/mol. The van der Waals surface area contributed by atoms with Gasteiger partial charge in [-0.15, -0.1) is 0 Å². The quantitative estimate of drug-likeness (QED) is 0.495. The largest absolute Gasteiger partial charge is 0.465 e. The van der Waals surface area contributed by atoms with Gasteiger partial charge in [-0.05, 0) is 18.2 Å². The average Bonchev–Trinajstić information content (AvgIpc) is 2.63. The first-order chi connectivity index (χ1) is 12.3. The maximum atomic E-state index is 11.8. The monoisotopic (exact) mass is 356 g/mol. The fourth-order valence-corrected chi connectivity index (χ4v) is 3.44. The molecule has 0 aromatic heterocycles. The van der Waals surface area contributed by atoms with E-state index in [4.69, 9.17) is 4.74 Å². The molecule has 3 rings (SSSR count). The molecular weight excluding hydrogens is 336 g/mol. The number of nitrogens with one attached hydrogen (secondary N) is 1. The van der Waals surface area contributed by atoms with Crippen LogP contribution >= 0.6 is 0 Å². The Morgan fingerprint density at radius 3 is 2.58 bits per heavy atom. The molecule has 0 fully saturated rings. The number of ether oxygens (including phenoxy) is 1. The molecule has 2 atom stereocenters. The molecular formula is C19H20N2O5. The fraction of sp³-hybridized carbons (Fsp3) is 0.316. The summed E-state index contributed by atoms with van der Waals surface area (Å²) in [6, 6.07) is 10.9. The summed E-state index contributed by atoms with van der Waals surface area (Å²) in [5.41, 5.74) is 1.28. The highest BCUT2D eigenvalue weighted by Gasteiger charge is 2.45. The number of aliphatic hydroxyl groups excluding tert-OH is 1. The summed E-state index contributed by atoms with van der Waals surface area (Å²) in [6.45, 7) is 3.67. The third-order valence-corrected chi connectivity index (χ3v) is 4.96. The van der Waals surface area contributed by atoms with Crippen LogP contribution in [0.3, 0.4) is 0 Å². The van der Waals surface area contributed by atoms with Crippen LogP contribution in [0.1, 0.15) is 47.5 Å². The third kappa shape index (κ3) is 2.80. The first-order valence-corrected chi connectivity index (χ1v) is 8.17. The van der Waals surface area contributed by atoms with Crippen LogP contribution in [-0.4, -0.2) is 23.1 Å². The van der Waals surface area contributed by atoms with Gasteiger partial charge in [0.1, 0.15) is 0 Å². The molecule has 0 radical (unpaired) electrons. The number of carbonyl (C=O) groups is 1. The number of nitro groups is 1. The van der Waals surface area contributed by atoms with Gasteiger partial charge >= 0.3 is 5.97 Å². The zero-order valence-corrected chi connectivity index (χ0v) is 14.7. The number of esters is 1. The van der Waals surface area contributed by atoms with E-state index in [0.29, 0.717) is 22.4 Å². The van der Waals surface area contributed by atoms with Crippen molar-refractivity contribution in [1.82, 2.24) is 0 Å². The highest BCUT2D eigenvalue weighted by molar-refractivity contribution is 5.90. The van der Waals surface area contributed by atoms with E-state index in [1.807, 2.05) is 13.8 Å². The number of nitro benzene ring substituents is 1. The van der Waals surface area contributed by atoms with Gasteiger partial charge in [0, 0.05) is 22.7 Å². The molecule has 2 aromatic rings. The van der Waals surface area contributed by atoms with Crippen LogP contribution < -0.4 is 5.32 Å². The summed E-state index contributed by atoms with van der Waals surface area (Å²) < 4.78 is 4.73. The summed E-state index contributed by atoms with van der Waals surface area (Å²) in [6.07, 6.45) is -0.923. The Balaban J connectivity index is 2.10. The topological polar surface area (TPSA) is 102 Å². The van der Waals surface area contributed by atoms with E-state index in [9.17, 15) is 20.0 Å². The van der Waals surface area contributed by atoms with E-state index in [-0.39, 0.29) is 5.69 Å². The maximum absolute atomic E-state index is 11.8. The van der Waals surface area contributed by atoms with Crippen molar-refractivity contribution in [2.24, 2.45) is 5.41 Å². The van der Waals surface area contributed by atoms with Crippen molar-refractivity contribution in [3.63, 3.8) is 0 Å². The number of carbonyl (C=O) groups excluding carboxylic acids is 1. The number of para-hydroxylation sites is 1. The van der Waals surface area contributed by atoms with E-state index >= 15 is 0 Å². The first-order valence-electron chi connectivity index (χ1n) is 8.17. The zero-order valence-electron chi connectivity index (χ0n) is 14.7. The highest BCUT2D eigenvalue weighted by Crippen LogP contribution is 2.52. The van der Waals surface area contributed by atoms with Gasteiger partial charge in [0.2, 0.25) is 0 Å². The van der Waals surface area contributed by atoms with Crippen LogP contribution in [0, 0.1) is 15.5 Å². The molecule has 0 spiro atoms. The Hall–Kier alpha value is -2.93. The van der Waals surface area contributed by atoms with Gasteiger partial charge in [-0.25, -0.2) is 4.79 Å². The SMILES string of the molecule is COC(=O)c1ccc2c(c1)C(O)C(C)(C)C(c1ccccc1[N+](=O)[O-])N2. The molecule has 0 aliphatic carbocycles. The van der Waals surface area contributed by atoms with Crippen molar-refractivity contribution in [3.8, 4) is 0 Å². The smallest absolute Gasteiger partial charge is 0.337 e. The lowest BCUT2D eigenvalue weighted by Gasteiger charge is -2.44. The van der Waals surface area contributed by atoms with Crippen LogP contribution in [0.25, 0.3) is 0 Å². The highest BCUT2D eigenvalue weighted by atomic mass is 16.6. The van der Waals surface area contributed by atoms with Crippen LogP contribution in [0.5, 0.6) is 0 Å². The van der Waals surface area contributed by atoms with Gasteiger partial charge in [0.05, 0.1) is 35.3 Å². The number of nitrogens with zero attached hydrogens (tertiary/aromatic N) is 1. The molecule has 1 aliphatic rings. The van der Waals surface area contributed by atoms with Gasteiger partial charge in [0.15, 0.2) is 0 Å². The van der Waals surface area contributed by atoms with Gasteiger partial charge in [-0.3, -0.25) is 10.1 Å². The Morgan fingerprint density at radius 1 is 1.23 bits per heavy atom. The van der Waals surface area contributed by atoms with Crippen LogP contribution in [-0.2, 0) is 4.74 Å². The van der Waals surface area contributed by atoms with Gasteiger partial charge in [0.25, 0.3) is 5.69 Å². The molecule has 1 heterocycles.